The first-order valence-electron chi connectivity index (χ1n) is 7.80. The van der Waals surface area contributed by atoms with Crippen molar-refractivity contribution in [2.24, 2.45) is 0 Å². The molecule has 8 nitrogen and oxygen atoms in total. The number of hydrogen-bond donors (Lipinski definition) is 2. The number of sulfone groups is 1. The van der Waals surface area contributed by atoms with Crippen LogP contribution in [0.5, 0.6) is 0 Å². The summed E-state index contributed by atoms with van der Waals surface area (Å²) in [5.41, 5.74) is -1.67. The number of amides is 4. The maximum absolute atomic E-state index is 12.5. The Balaban J connectivity index is 1.64. The van der Waals surface area contributed by atoms with Crippen molar-refractivity contribution in [3.05, 3.63) is 0 Å². The molecule has 2 aliphatic heterocycles. The van der Waals surface area contributed by atoms with E-state index in [0.717, 1.165) is 17.7 Å². The zero-order chi connectivity index (χ0) is 16.9. The van der Waals surface area contributed by atoms with Gasteiger partial charge in [-0.15, -0.1) is 0 Å². The van der Waals surface area contributed by atoms with Crippen LogP contribution in [0, 0.1) is 0 Å². The van der Waals surface area contributed by atoms with Crippen molar-refractivity contribution in [2.75, 3.05) is 18.1 Å². The van der Waals surface area contributed by atoms with E-state index in [1.807, 2.05) is 0 Å². The molecule has 1 spiro atoms. The molecule has 0 aromatic rings. The summed E-state index contributed by atoms with van der Waals surface area (Å²) < 4.78 is 23.1. The van der Waals surface area contributed by atoms with E-state index in [-0.39, 0.29) is 24.0 Å². The Hall–Kier alpha value is -1.64. The van der Waals surface area contributed by atoms with Crippen molar-refractivity contribution in [2.45, 2.75) is 50.1 Å². The van der Waals surface area contributed by atoms with Crippen LogP contribution in [0.15, 0.2) is 0 Å². The lowest BCUT2D eigenvalue weighted by Gasteiger charge is -2.25. The molecule has 1 saturated carbocycles. The summed E-state index contributed by atoms with van der Waals surface area (Å²) in [5, 5.41) is 5.38. The van der Waals surface area contributed by atoms with Crippen molar-refractivity contribution in [1.29, 1.82) is 0 Å². The molecule has 0 unspecified atom stereocenters. The van der Waals surface area contributed by atoms with E-state index in [9.17, 15) is 22.8 Å². The molecule has 0 radical (unpaired) electrons. The predicted octanol–water partition coefficient (Wildman–Crippen LogP) is -0.456. The van der Waals surface area contributed by atoms with Crippen molar-refractivity contribution < 1.29 is 22.8 Å². The highest BCUT2D eigenvalue weighted by Gasteiger charge is 2.53. The highest BCUT2D eigenvalue weighted by molar-refractivity contribution is 7.91. The highest BCUT2D eigenvalue weighted by atomic mass is 32.2. The lowest BCUT2D eigenvalue weighted by molar-refractivity contribution is -0.135. The van der Waals surface area contributed by atoms with Crippen molar-refractivity contribution >= 4 is 27.7 Å². The average Bonchev–Trinajstić information content (AvgIpc) is 3.06. The second-order valence-electron chi connectivity index (χ2n) is 7.06. The van der Waals surface area contributed by atoms with Gasteiger partial charge in [-0.05, 0) is 26.2 Å². The van der Waals surface area contributed by atoms with Crippen molar-refractivity contribution in [1.82, 2.24) is 15.5 Å². The largest absolute Gasteiger partial charge is 0.348 e. The van der Waals surface area contributed by atoms with Gasteiger partial charge in [0.2, 0.25) is 5.91 Å². The molecule has 1 atom stereocenters. The number of carbonyl (C=O) groups is 3. The number of hydrogen-bond acceptors (Lipinski definition) is 5. The van der Waals surface area contributed by atoms with Crippen LogP contribution in [-0.4, -0.2) is 60.3 Å². The van der Waals surface area contributed by atoms with Gasteiger partial charge in [0.05, 0.1) is 17.0 Å². The summed E-state index contributed by atoms with van der Waals surface area (Å²) in [7, 11) is -3.14. The van der Waals surface area contributed by atoms with Crippen LogP contribution in [0.2, 0.25) is 0 Å². The van der Waals surface area contributed by atoms with Crippen LogP contribution in [-0.2, 0) is 19.4 Å². The minimum Gasteiger partial charge on any atom is -0.348 e. The maximum atomic E-state index is 12.5. The predicted molar refractivity (Wildman–Crippen MR) is 81.3 cm³/mol. The lowest BCUT2D eigenvalue weighted by Crippen LogP contribution is -2.51. The van der Waals surface area contributed by atoms with E-state index >= 15 is 0 Å². The standard InChI is InChI=1S/C14H21N3O5S/c1-13(6-7-23(21,22)9-13)15-10(18)8-17-11(19)14(16-12(17)20)4-2-3-5-14/h2-9H2,1H3,(H,15,18)(H,16,20)/t13-/m1/s1. The summed E-state index contributed by atoms with van der Waals surface area (Å²) in [6.07, 6.45) is 3.30. The molecule has 0 aromatic carbocycles. The van der Waals surface area contributed by atoms with Gasteiger partial charge in [-0.2, -0.15) is 0 Å². The number of nitrogens with zero attached hydrogens (tertiary/aromatic N) is 1. The summed E-state index contributed by atoms with van der Waals surface area (Å²) in [5.74, 6) is -0.936. The Morgan fingerprint density at radius 2 is 1.91 bits per heavy atom. The van der Waals surface area contributed by atoms with Gasteiger partial charge in [0.25, 0.3) is 5.91 Å². The molecule has 2 saturated heterocycles. The molecule has 0 aromatic heterocycles. The van der Waals surface area contributed by atoms with Gasteiger partial charge in [-0.3, -0.25) is 14.5 Å². The van der Waals surface area contributed by atoms with E-state index in [2.05, 4.69) is 10.6 Å². The number of urea groups is 1. The zero-order valence-corrected chi connectivity index (χ0v) is 13.9. The number of nitrogens with one attached hydrogen (secondary N) is 2. The second-order valence-corrected chi connectivity index (χ2v) is 9.25. The average molecular weight is 343 g/mol. The van der Waals surface area contributed by atoms with Crippen molar-refractivity contribution in [3.8, 4) is 0 Å². The van der Waals surface area contributed by atoms with Gasteiger partial charge < -0.3 is 10.6 Å². The van der Waals surface area contributed by atoms with Crippen molar-refractivity contribution in [3.63, 3.8) is 0 Å². The van der Waals surface area contributed by atoms with Crippen LogP contribution in [0.25, 0.3) is 0 Å². The number of imide groups is 1. The zero-order valence-electron chi connectivity index (χ0n) is 13.1. The topological polar surface area (TPSA) is 113 Å². The Kier molecular flexibility index (Phi) is 3.66. The Morgan fingerprint density at radius 3 is 2.48 bits per heavy atom. The van der Waals surface area contributed by atoms with Crippen LogP contribution in [0.4, 0.5) is 4.79 Å². The summed E-state index contributed by atoms with van der Waals surface area (Å²) in [4.78, 5) is 37.6. The SMILES string of the molecule is C[C@@]1(NC(=O)CN2C(=O)NC3(CCCC3)C2=O)CCS(=O)(=O)C1. The van der Waals surface area contributed by atoms with Gasteiger partial charge in [0.1, 0.15) is 12.1 Å². The minimum atomic E-state index is -3.14. The molecular weight excluding hydrogens is 322 g/mol. The number of carbonyl (C=O) groups excluding carboxylic acids is 3. The van der Waals surface area contributed by atoms with Crippen LogP contribution in [0.3, 0.4) is 0 Å². The fourth-order valence-electron chi connectivity index (χ4n) is 3.77. The highest BCUT2D eigenvalue weighted by Crippen LogP contribution is 2.35. The first kappa shape index (κ1) is 16.2. The molecule has 3 aliphatic rings. The molecule has 4 amide bonds. The lowest BCUT2D eigenvalue weighted by atomic mass is 9.98. The van der Waals surface area contributed by atoms with Gasteiger partial charge in [0.15, 0.2) is 9.84 Å². The number of rotatable bonds is 3. The van der Waals surface area contributed by atoms with E-state index < -0.39 is 32.9 Å². The van der Waals surface area contributed by atoms with E-state index in [1.165, 1.54) is 0 Å². The minimum absolute atomic E-state index is 0.0377. The smallest absolute Gasteiger partial charge is 0.325 e. The van der Waals surface area contributed by atoms with E-state index in [4.69, 9.17) is 0 Å². The normalized spacial score (nSPS) is 31.6. The third-order valence-corrected chi connectivity index (χ3v) is 6.85. The van der Waals surface area contributed by atoms with E-state index in [0.29, 0.717) is 19.3 Å². The summed E-state index contributed by atoms with van der Waals surface area (Å²) >= 11 is 0. The fraction of sp³-hybridized carbons (Fsp3) is 0.786. The first-order chi connectivity index (χ1) is 10.6. The molecule has 128 valence electrons. The summed E-state index contributed by atoms with van der Waals surface area (Å²) in [6.45, 7) is 1.29. The third kappa shape index (κ3) is 2.93. The molecule has 9 heteroatoms. The third-order valence-electron chi connectivity index (χ3n) is 4.95. The second kappa shape index (κ2) is 5.19. The van der Waals surface area contributed by atoms with Gasteiger partial charge in [0, 0.05) is 0 Å². The molecule has 2 heterocycles. The monoisotopic (exact) mass is 343 g/mol. The molecule has 1 aliphatic carbocycles. The van der Waals surface area contributed by atoms with Crippen LogP contribution in [0.1, 0.15) is 39.0 Å². The maximum Gasteiger partial charge on any atom is 0.325 e. The quantitative estimate of drug-likeness (QED) is 0.674. The van der Waals surface area contributed by atoms with Crippen LogP contribution < -0.4 is 10.6 Å². The Morgan fingerprint density at radius 1 is 1.26 bits per heavy atom. The Bertz CT molecular complexity index is 668. The fourth-order valence-corrected chi connectivity index (χ4v) is 5.86. The molecule has 3 rings (SSSR count). The summed E-state index contributed by atoms with van der Waals surface area (Å²) in [6, 6.07) is -0.545. The molecule has 2 N–H and O–H groups in total. The molecule has 0 bridgehead atoms. The van der Waals surface area contributed by atoms with Gasteiger partial charge in [-0.25, -0.2) is 13.2 Å². The molecule has 23 heavy (non-hydrogen) atoms. The first-order valence-corrected chi connectivity index (χ1v) is 9.63. The van der Waals surface area contributed by atoms with Gasteiger partial charge >= 0.3 is 6.03 Å². The van der Waals surface area contributed by atoms with Gasteiger partial charge in [-0.1, -0.05) is 12.8 Å². The van der Waals surface area contributed by atoms with E-state index in [1.54, 1.807) is 6.92 Å². The Labute approximate surface area is 134 Å². The molecule has 3 fully saturated rings. The molecular formula is C14H21N3O5S. The van der Waals surface area contributed by atoms with Crippen LogP contribution >= 0.6 is 0 Å².